The van der Waals surface area contributed by atoms with Gasteiger partial charge in [-0.1, -0.05) is 23.2 Å². The molecule has 3 nitrogen and oxygen atoms in total. The number of hydrogen-bond acceptors (Lipinski definition) is 1. The first-order valence-electron chi connectivity index (χ1n) is 3.69. The number of urea groups is 1. The van der Waals surface area contributed by atoms with Crippen molar-refractivity contribution in [2.24, 2.45) is 0 Å². The standard InChI is InChI=1S/C8H6Cl2N2O/c9-5-1-4-3-11-8(13)12-7(4)6(10)2-5/h1-2H,3H2,(H2,11,12,13). The van der Waals surface area contributed by atoms with Gasteiger partial charge in [-0.15, -0.1) is 0 Å². The van der Waals surface area contributed by atoms with E-state index in [0.717, 1.165) is 5.56 Å². The number of carbonyl (C=O) groups is 1. The van der Waals surface area contributed by atoms with Gasteiger partial charge < -0.3 is 10.6 Å². The Morgan fingerprint density at radius 1 is 1.31 bits per heavy atom. The fourth-order valence-electron chi connectivity index (χ4n) is 1.24. The minimum Gasteiger partial charge on any atom is -0.334 e. The number of amides is 2. The molecular weight excluding hydrogens is 211 g/mol. The molecule has 1 aliphatic heterocycles. The lowest BCUT2D eigenvalue weighted by molar-refractivity contribution is 0.251. The van der Waals surface area contributed by atoms with Crippen molar-refractivity contribution in [3.63, 3.8) is 0 Å². The first-order valence-corrected chi connectivity index (χ1v) is 4.45. The molecular formula is C8H6Cl2N2O. The lowest BCUT2D eigenvalue weighted by atomic mass is 10.1. The van der Waals surface area contributed by atoms with Crippen LogP contribution < -0.4 is 10.6 Å². The Hall–Kier alpha value is -0.930. The normalized spacial score (nSPS) is 14.5. The van der Waals surface area contributed by atoms with E-state index in [1.807, 2.05) is 0 Å². The van der Waals surface area contributed by atoms with Crippen molar-refractivity contribution in [3.05, 3.63) is 27.7 Å². The average molecular weight is 217 g/mol. The van der Waals surface area contributed by atoms with E-state index in [2.05, 4.69) is 10.6 Å². The fraction of sp³-hybridized carbons (Fsp3) is 0.125. The quantitative estimate of drug-likeness (QED) is 0.688. The summed E-state index contributed by atoms with van der Waals surface area (Å²) >= 11 is 11.7. The van der Waals surface area contributed by atoms with E-state index in [9.17, 15) is 4.79 Å². The summed E-state index contributed by atoms with van der Waals surface area (Å²) in [7, 11) is 0. The summed E-state index contributed by atoms with van der Waals surface area (Å²) in [6.07, 6.45) is 0. The molecule has 0 aromatic heterocycles. The molecule has 2 rings (SSSR count). The van der Waals surface area contributed by atoms with Gasteiger partial charge in [-0.05, 0) is 17.7 Å². The second-order valence-corrected chi connectivity index (χ2v) is 3.57. The van der Waals surface area contributed by atoms with Gasteiger partial charge in [0.2, 0.25) is 0 Å². The Morgan fingerprint density at radius 2 is 2.08 bits per heavy atom. The summed E-state index contributed by atoms with van der Waals surface area (Å²) in [6, 6.07) is 3.14. The number of rotatable bonds is 0. The molecule has 1 aliphatic rings. The van der Waals surface area contributed by atoms with Crippen LogP contribution in [0.15, 0.2) is 12.1 Å². The summed E-state index contributed by atoms with van der Waals surface area (Å²) in [5, 5.41) is 6.28. The van der Waals surface area contributed by atoms with E-state index < -0.39 is 0 Å². The summed E-state index contributed by atoms with van der Waals surface area (Å²) in [6.45, 7) is 0.460. The van der Waals surface area contributed by atoms with Crippen molar-refractivity contribution in [1.29, 1.82) is 0 Å². The number of benzene rings is 1. The topological polar surface area (TPSA) is 41.1 Å². The highest BCUT2D eigenvalue weighted by Crippen LogP contribution is 2.31. The van der Waals surface area contributed by atoms with Crippen molar-refractivity contribution in [3.8, 4) is 0 Å². The van der Waals surface area contributed by atoms with E-state index in [1.165, 1.54) is 0 Å². The molecule has 0 radical (unpaired) electrons. The summed E-state index contributed by atoms with van der Waals surface area (Å²) in [5.41, 5.74) is 1.55. The van der Waals surface area contributed by atoms with Crippen LogP contribution >= 0.6 is 23.2 Å². The Balaban J connectivity index is 2.53. The predicted molar refractivity (Wildman–Crippen MR) is 52.3 cm³/mol. The molecule has 1 heterocycles. The second kappa shape index (κ2) is 3.09. The third-order valence-corrected chi connectivity index (χ3v) is 2.33. The third-order valence-electron chi connectivity index (χ3n) is 1.81. The third kappa shape index (κ3) is 1.57. The van der Waals surface area contributed by atoms with E-state index in [0.29, 0.717) is 22.3 Å². The Bertz CT molecular complexity index is 379. The van der Waals surface area contributed by atoms with Crippen LogP contribution in [0.25, 0.3) is 0 Å². The fourth-order valence-corrected chi connectivity index (χ4v) is 1.82. The molecule has 68 valence electrons. The maximum Gasteiger partial charge on any atom is 0.319 e. The number of fused-ring (bicyclic) bond motifs is 1. The van der Waals surface area contributed by atoms with Gasteiger partial charge in [-0.25, -0.2) is 4.79 Å². The van der Waals surface area contributed by atoms with Crippen LogP contribution in [-0.4, -0.2) is 6.03 Å². The van der Waals surface area contributed by atoms with Gasteiger partial charge >= 0.3 is 6.03 Å². The van der Waals surface area contributed by atoms with Gasteiger partial charge in [0.1, 0.15) is 0 Å². The van der Waals surface area contributed by atoms with E-state index in [1.54, 1.807) is 12.1 Å². The second-order valence-electron chi connectivity index (χ2n) is 2.73. The monoisotopic (exact) mass is 216 g/mol. The molecule has 5 heteroatoms. The van der Waals surface area contributed by atoms with Gasteiger partial charge in [0.25, 0.3) is 0 Å². The van der Waals surface area contributed by atoms with Crippen molar-refractivity contribution >= 4 is 34.9 Å². The van der Waals surface area contributed by atoms with Crippen molar-refractivity contribution in [1.82, 2.24) is 5.32 Å². The summed E-state index contributed by atoms with van der Waals surface area (Å²) in [5.74, 6) is 0. The molecule has 0 bridgehead atoms. The van der Waals surface area contributed by atoms with Crippen LogP contribution in [0.3, 0.4) is 0 Å². The van der Waals surface area contributed by atoms with Crippen LogP contribution in [0.4, 0.5) is 10.5 Å². The summed E-state index contributed by atoms with van der Waals surface area (Å²) in [4.78, 5) is 10.9. The zero-order valence-corrected chi connectivity index (χ0v) is 8.04. The average Bonchev–Trinajstić information content (AvgIpc) is 2.06. The predicted octanol–water partition coefficient (Wildman–Crippen LogP) is 2.63. The van der Waals surface area contributed by atoms with E-state index >= 15 is 0 Å². The molecule has 0 fully saturated rings. The molecule has 13 heavy (non-hydrogen) atoms. The maximum absolute atomic E-state index is 10.9. The lowest BCUT2D eigenvalue weighted by Gasteiger charge is -2.19. The highest BCUT2D eigenvalue weighted by atomic mass is 35.5. The molecule has 2 N–H and O–H groups in total. The van der Waals surface area contributed by atoms with Crippen LogP contribution in [0.5, 0.6) is 0 Å². The minimum absolute atomic E-state index is 0.239. The number of carbonyl (C=O) groups excluding carboxylic acids is 1. The van der Waals surface area contributed by atoms with Gasteiger partial charge in [-0.2, -0.15) is 0 Å². The van der Waals surface area contributed by atoms with Crippen LogP contribution in [-0.2, 0) is 6.54 Å². The zero-order chi connectivity index (χ0) is 9.42. The molecule has 1 aromatic carbocycles. The van der Waals surface area contributed by atoms with Crippen LogP contribution in [0.2, 0.25) is 10.0 Å². The van der Waals surface area contributed by atoms with Gasteiger partial charge in [-0.3, -0.25) is 0 Å². The van der Waals surface area contributed by atoms with Crippen molar-refractivity contribution < 1.29 is 4.79 Å². The molecule has 0 aliphatic carbocycles. The Labute approximate surface area is 85.0 Å². The number of halogens is 2. The van der Waals surface area contributed by atoms with Crippen LogP contribution in [0, 0.1) is 0 Å². The summed E-state index contributed by atoms with van der Waals surface area (Å²) < 4.78 is 0. The largest absolute Gasteiger partial charge is 0.334 e. The number of anilines is 1. The number of nitrogens with one attached hydrogen (secondary N) is 2. The Morgan fingerprint density at radius 3 is 2.85 bits per heavy atom. The maximum atomic E-state index is 10.9. The van der Waals surface area contributed by atoms with Crippen molar-refractivity contribution in [2.75, 3.05) is 5.32 Å². The first kappa shape index (κ1) is 8.66. The molecule has 0 saturated heterocycles. The SMILES string of the molecule is O=C1NCc2cc(Cl)cc(Cl)c2N1. The smallest absolute Gasteiger partial charge is 0.319 e. The van der Waals surface area contributed by atoms with Crippen molar-refractivity contribution in [2.45, 2.75) is 6.54 Å². The molecule has 0 saturated carbocycles. The van der Waals surface area contributed by atoms with Crippen LogP contribution in [0.1, 0.15) is 5.56 Å². The minimum atomic E-state index is -0.239. The van der Waals surface area contributed by atoms with Gasteiger partial charge in [0.15, 0.2) is 0 Å². The molecule has 2 amide bonds. The van der Waals surface area contributed by atoms with E-state index in [4.69, 9.17) is 23.2 Å². The van der Waals surface area contributed by atoms with E-state index in [-0.39, 0.29) is 6.03 Å². The molecule has 0 atom stereocenters. The Kier molecular flexibility index (Phi) is 2.06. The highest BCUT2D eigenvalue weighted by molar-refractivity contribution is 6.37. The molecule has 0 unspecified atom stereocenters. The zero-order valence-electron chi connectivity index (χ0n) is 6.53. The van der Waals surface area contributed by atoms with Gasteiger partial charge in [0, 0.05) is 11.6 Å². The van der Waals surface area contributed by atoms with Gasteiger partial charge in [0.05, 0.1) is 10.7 Å². The molecule has 0 spiro atoms. The first-order chi connectivity index (χ1) is 6.16. The number of hydrogen-bond donors (Lipinski definition) is 2. The molecule has 1 aromatic rings. The highest BCUT2D eigenvalue weighted by Gasteiger charge is 2.16. The lowest BCUT2D eigenvalue weighted by Crippen LogP contribution is -2.33.